The molecule has 4 rings (SSSR count). The molecule has 0 fully saturated rings. The SMILES string of the molecule is C=C(C)C(=O)Oc1ccc(-c2ccc(C#Cc3ccc(-c4ccc(OC(=O)C(=C)C)c(OC(=O)C(=C)C)c4)c(F)c3)cc2)cc1OC(=O)C(=C)C. The first-order valence-corrected chi connectivity index (χ1v) is 15.3. The van der Waals surface area contributed by atoms with Gasteiger partial charge in [0.05, 0.1) is 0 Å². The Labute approximate surface area is 295 Å². The van der Waals surface area contributed by atoms with Crippen molar-refractivity contribution in [2.75, 3.05) is 0 Å². The van der Waals surface area contributed by atoms with E-state index in [2.05, 4.69) is 38.2 Å². The van der Waals surface area contributed by atoms with Crippen LogP contribution in [0.15, 0.2) is 127 Å². The molecule has 0 radical (unpaired) electrons. The number of hydrogen-bond donors (Lipinski definition) is 0. The van der Waals surface area contributed by atoms with Gasteiger partial charge in [-0.25, -0.2) is 23.6 Å². The van der Waals surface area contributed by atoms with E-state index in [4.69, 9.17) is 18.9 Å². The summed E-state index contributed by atoms with van der Waals surface area (Å²) < 4.78 is 36.8. The van der Waals surface area contributed by atoms with Crippen LogP contribution in [0.4, 0.5) is 4.39 Å². The number of halogens is 1. The van der Waals surface area contributed by atoms with Gasteiger partial charge in [-0.05, 0) is 92.9 Å². The van der Waals surface area contributed by atoms with Crippen molar-refractivity contribution in [1.29, 1.82) is 0 Å². The molecule has 9 heteroatoms. The maximum absolute atomic E-state index is 15.4. The summed E-state index contributed by atoms with van der Waals surface area (Å²) in [4.78, 5) is 48.7. The molecule has 4 aromatic rings. The number of carbonyl (C=O) groups excluding carboxylic acids is 4. The number of hydrogen-bond acceptors (Lipinski definition) is 8. The highest BCUT2D eigenvalue weighted by atomic mass is 19.1. The van der Waals surface area contributed by atoms with Gasteiger partial charge in [-0.1, -0.05) is 68.5 Å². The molecule has 4 aromatic carbocycles. The summed E-state index contributed by atoms with van der Waals surface area (Å²) in [6.07, 6.45) is 0. The average molecular weight is 685 g/mol. The van der Waals surface area contributed by atoms with Crippen molar-refractivity contribution in [3.63, 3.8) is 0 Å². The lowest BCUT2D eigenvalue weighted by Crippen LogP contribution is -2.12. The zero-order valence-electron chi connectivity index (χ0n) is 28.5. The highest BCUT2D eigenvalue weighted by Crippen LogP contribution is 2.36. The largest absolute Gasteiger partial charge is 0.419 e. The molecule has 0 heterocycles. The lowest BCUT2D eigenvalue weighted by atomic mass is 10.0. The van der Waals surface area contributed by atoms with E-state index in [0.717, 1.165) is 5.56 Å². The normalized spacial score (nSPS) is 10.1. The van der Waals surface area contributed by atoms with Crippen LogP contribution < -0.4 is 18.9 Å². The van der Waals surface area contributed by atoms with Crippen molar-refractivity contribution in [3.8, 4) is 57.1 Å². The number of rotatable bonds is 10. The Morgan fingerprint density at radius 2 is 0.843 bits per heavy atom. The van der Waals surface area contributed by atoms with Crippen molar-refractivity contribution in [2.24, 2.45) is 0 Å². The van der Waals surface area contributed by atoms with Crippen molar-refractivity contribution in [1.82, 2.24) is 0 Å². The zero-order valence-corrected chi connectivity index (χ0v) is 28.5. The molecule has 0 saturated carbocycles. The van der Waals surface area contributed by atoms with E-state index in [-0.39, 0.29) is 50.9 Å². The highest BCUT2D eigenvalue weighted by Gasteiger charge is 2.18. The molecule has 0 bridgehead atoms. The molecule has 51 heavy (non-hydrogen) atoms. The third kappa shape index (κ3) is 9.65. The Hall–Kier alpha value is -6.79. The van der Waals surface area contributed by atoms with E-state index in [1.807, 2.05) is 12.1 Å². The van der Waals surface area contributed by atoms with Gasteiger partial charge in [0.15, 0.2) is 23.0 Å². The Kier molecular flexibility index (Phi) is 11.7. The molecule has 0 aliphatic rings. The van der Waals surface area contributed by atoms with Crippen LogP contribution in [-0.4, -0.2) is 23.9 Å². The predicted octanol–water partition coefficient (Wildman–Crippen LogP) is 8.49. The van der Waals surface area contributed by atoms with Gasteiger partial charge in [0, 0.05) is 39.0 Å². The summed E-state index contributed by atoms with van der Waals surface area (Å²) in [6.45, 7) is 20.2. The molecule has 0 amide bonds. The lowest BCUT2D eigenvalue weighted by molar-refractivity contribution is -0.132. The van der Waals surface area contributed by atoms with Crippen LogP contribution in [0.2, 0.25) is 0 Å². The Balaban J connectivity index is 1.57. The monoisotopic (exact) mass is 684 g/mol. The van der Waals surface area contributed by atoms with Crippen molar-refractivity contribution in [3.05, 3.63) is 144 Å². The topological polar surface area (TPSA) is 105 Å². The fraction of sp³-hybridized carbons (Fsp3) is 0.0952. The predicted molar refractivity (Wildman–Crippen MR) is 191 cm³/mol. The maximum Gasteiger partial charge on any atom is 0.338 e. The Morgan fingerprint density at radius 1 is 0.471 bits per heavy atom. The fourth-order valence-corrected chi connectivity index (χ4v) is 4.16. The third-order valence-corrected chi connectivity index (χ3v) is 6.94. The average Bonchev–Trinajstić information content (AvgIpc) is 3.08. The first-order chi connectivity index (χ1) is 24.1. The summed E-state index contributed by atoms with van der Waals surface area (Å²) in [5, 5.41) is 0. The second-order valence-corrected chi connectivity index (χ2v) is 11.5. The number of carbonyl (C=O) groups is 4. The summed E-state index contributed by atoms with van der Waals surface area (Å²) >= 11 is 0. The summed E-state index contributed by atoms with van der Waals surface area (Å²) in [5.74, 6) is 2.54. The van der Waals surface area contributed by atoms with Crippen molar-refractivity contribution in [2.45, 2.75) is 27.7 Å². The van der Waals surface area contributed by atoms with Crippen LogP contribution in [0.5, 0.6) is 23.0 Å². The molecular formula is C42H33FO8. The van der Waals surface area contributed by atoms with E-state index < -0.39 is 29.7 Å². The lowest BCUT2D eigenvalue weighted by Gasteiger charge is -2.13. The van der Waals surface area contributed by atoms with Crippen molar-refractivity contribution < 1.29 is 42.5 Å². The highest BCUT2D eigenvalue weighted by molar-refractivity contribution is 5.92. The maximum atomic E-state index is 15.4. The van der Waals surface area contributed by atoms with Crippen LogP contribution in [0.3, 0.4) is 0 Å². The van der Waals surface area contributed by atoms with Gasteiger partial charge in [-0.2, -0.15) is 0 Å². The first kappa shape index (κ1) is 37.0. The van der Waals surface area contributed by atoms with Gasteiger partial charge in [-0.3, -0.25) is 0 Å². The second-order valence-electron chi connectivity index (χ2n) is 11.5. The fourth-order valence-electron chi connectivity index (χ4n) is 4.16. The van der Waals surface area contributed by atoms with E-state index in [9.17, 15) is 19.2 Å². The molecule has 0 saturated heterocycles. The quantitative estimate of drug-likeness (QED) is 0.0709. The number of ether oxygens (including phenoxy) is 4. The smallest absolute Gasteiger partial charge is 0.338 e. The van der Waals surface area contributed by atoms with E-state index in [0.29, 0.717) is 22.3 Å². The van der Waals surface area contributed by atoms with Gasteiger partial charge >= 0.3 is 23.9 Å². The van der Waals surface area contributed by atoms with Crippen molar-refractivity contribution >= 4 is 23.9 Å². The molecule has 0 aromatic heterocycles. The Morgan fingerprint density at radius 3 is 1.29 bits per heavy atom. The summed E-state index contributed by atoms with van der Waals surface area (Å²) in [6, 6.07) is 20.7. The summed E-state index contributed by atoms with van der Waals surface area (Å²) in [7, 11) is 0. The van der Waals surface area contributed by atoms with Gasteiger partial charge in [-0.15, -0.1) is 0 Å². The third-order valence-electron chi connectivity index (χ3n) is 6.94. The van der Waals surface area contributed by atoms with Crippen LogP contribution in [-0.2, 0) is 19.2 Å². The van der Waals surface area contributed by atoms with E-state index in [1.54, 1.807) is 30.3 Å². The van der Waals surface area contributed by atoms with Crippen LogP contribution in [0, 0.1) is 17.7 Å². The molecule has 0 N–H and O–H groups in total. The molecule has 0 unspecified atom stereocenters. The standard InChI is InChI=1S/C42H33FO8/c1-24(2)39(44)48-35-19-16-31(22-37(35)50-41(46)26(5)6)30-14-11-28(12-15-30)9-10-29-13-18-33(34(43)21-29)32-17-20-36(49-40(45)25(3)4)38(23-32)51-42(47)27(7)8/h11-23H,1,3,5,7H2,2,4,6,8H3. The van der Waals surface area contributed by atoms with E-state index >= 15 is 4.39 Å². The van der Waals surface area contributed by atoms with Crippen LogP contribution in [0.1, 0.15) is 38.8 Å². The molecule has 8 nitrogen and oxygen atoms in total. The van der Waals surface area contributed by atoms with Gasteiger partial charge in [0.2, 0.25) is 0 Å². The van der Waals surface area contributed by atoms with Crippen LogP contribution >= 0.6 is 0 Å². The molecule has 256 valence electrons. The van der Waals surface area contributed by atoms with Gasteiger partial charge in [0.25, 0.3) is 0 Å². The number of benzene rings is 4. The van der Waals surface area contributed by atoms with Crippen LogP contribution in [0.25, 0.3) is 22.3 Å². The first-order valence-electron chi connectivity index (χ1n) is 15.3. The Bertz CT molecular complexity index is 2200. The zero-order chi connectivity index (χ0) is 37.4. The minimum absolute atomic E-state index is 0.0377. The second kappa shape index (κ2) is 16.1. The molecule has 0 atom stereocenters. The van der Waals surface area contributed by atoms with E-state index in [1.165, 1.54) is 64.1 Å². The molecular weight excluding hydrogens is 651 g/mol. The molecule has 0 aliphatic carbocycles. The molecule has 0 aliphatic heterocycles. The van der Waals surface area contributed by atoms with Gasteiger partial charge in [0.1, 0.15) is 5.82 Å². The summed E-state index contributed by atoms with van der Waals surface area (Å²) in [5.41, 5.74) is 3.66. The minimum atomic E-state index is -0.743. The van der Waals surface area contributed by atoms with Gasteiger partial charge < -0.3 is 18.9 Å². The molecule has 0 spiro atoms. The minimum Gasteiger partial charge on any atom is -0.419 e. The number of esters is 4.